The molecule has 1 fully saturated rings. The number of hydrogen-bond donors (Lipinski definition) is 1. The van der Waals surface area contributed by atoms with Crippen LogP contribution in [0.2, 0.25) is 0 Å². The molecule has 0 bridgehead atoms. The van der Waals surface area contributed by atoms with Gasteiger partial charge >= 0.3 is 6.03 Å². The van der Waals surface area contributed by atoms with E-state index in [1.807, 2.05) is 18.7 Å². The number of thiophene rings is 1. The smallest absolute Gasteiger partial charge is 0.317 e. The van der Waals surface area contributed by atoms with Gasteiger partial charge in [-0.1, -0.05) is 6.92 Å². The zero-order chi connectivity index (χ0) is 13.8. The largest absolute Gasteiger partial charge is 0.372 e. The first-order chi connectivity index (χ1) is 9.08. The Morgan fingerprint density at radius 3 is 2.58 bits per heavy atom. The number of nitrogens with zero attached hydrogens (tertiary/aromatic N) is 1. The second-order valence-corrected chi connectivity index (χ2v) is 6.30. The van der Waals surface area contributed by atoms with Crippen molar-refractivity contribution in [3.8, 4) is 0 Å². The quantitative estimate of drug-likeness (QED) is 0.926. The SMILES string of the molecule is CCc1ccc(CNC(=O)N2CC(C)OC(C)C2)s1. The lowest BCUT2D eigenvalue weighted by atomic mass is 10.2. The summed E-state index contributed by atoms with van der Waals surface area (Å²) < 4.78 is 5.63. The van der Waals surface area contributed by atoms with Crippen molar-refractivity contribution in [2.45, 2.75) is 45.9 Å². The van der Waals surface area contributed by atoms with Crippen LogP contribution in [0, 0.1) is 0 Å². The van der Waals surface area contributed by atoms with Gasteiger partial charge in [0.1, 0.15) is 0 Å². The van der Waals surface area contributed by atoms with E-state index < -0.39 is 0 Å². The minimum absolute atomic E-state index is 0.00782. The molecule has 1 aliphatic heterocycles. The topological polar surface area (TPSA) is 41.6 Å². The number of ether oxygens (including phenoxy) is 1. The number of aryl methyl sites for hydroxylation is 1. The van der Waals surface area contributed by atoms with Gasteiger partial charge in [0.2, 0.25) is 0 Å². The second-order valence-electron chi connectivity index (χ2n) is 5.04. The molecule has 1 aliphatic rings. The minimum atomic E-state index is 0.00782. The molecule has 19 heavy (non-hydrogen) atoms. The molecule has 2 heterocycles. The fourth-order valence-electron chi connectivity index (χ4n) is 2.33. The van der Waals surface area contributed by atoms with Crippen LogP contribution in [0.15, 0.2) is 12.1 Å². The van der Waals surface area contributed by atoms with Gasteiger partial charge in [-0.15, -0.1) is 11.3 Å². The van der Waals surface area contributed by atoms with Gasteiger partial charge in [0.25, 0.3) is 0 Å². The van der Waals surface area contributed by atoms with E-state index in [0.717, 1.165) is 6.42 Å². The molecular weight excluding hydrogens is 260 g/mol. The lowest BCUT2D eigenvalue weighted by molar-refractivity contribution is -0.0545. The van der Waals surface area contributed by atoms with Gasteiger partial charge in [0.15, 0.2) is 0 Å². The van der Waals surface area contributed by atoms with Crippen molar-refractivity contribution in [3.63, 3.8) is 0 Å². The molecule has 0 radical (unpaired) electrons. The van der Waals surface area contributed by atoms with Crippen LogP contribution in [0.4, 0.5) is 4.79 Å². The molecule has 0 aliphatic carbocycles. The van der Waals surface area contributed by atoms with E-state index in [0.29, 0.717) is 19.6 Å². The molecule has 1 saturated heterocycles. The van der Waals surface area contributed by atoms with Crippen LogP contribution in [-0.4, -0.2) is 36.2 Å². The van der Waals surface area contributed by atoms with Crippen LogP contribution in [0.3, 0.4) is 0 Å². The van der Waals surface area contributed by atoms with E-state index in [2.05, 4.69) is 24.4 Å². The molecule has 1 aromatic rings. The van der Waals surface area contributed by atoms with Crippen molar-refractivity contribution in [2.75, 3.05) is 13.1 Å². The van der Waals surface area contributed by atoms with E-state index in [1.54, 1.807) is 11.3 Å². The number of amides is 2. The third-order valence-corrected chi connectivity index (χ3v) is 4.42. The van der Waals surface area contributed by atoms with Gasteiger partial charge in [-0.05, 0) is 32.4 Å². The van der Waals surface area contributed by atoms with Gasteiger partial charge in [0, 0.05) is 22.8 Å². The maximum Gasteiger partial charge on any atom is 0.317 e. The van der Waals surface area contributed by atoms with Crippen LogP contribution in [0.5, 0.6) is 0 Å². The first-order valence-electron chi connectivity index (χ1n) is 6.84. The molecule has 2 atom stereocenters. The Bertz CT molecular complexity index is 423. The summed E-state index contributed by atoms with van der Waals surface area (Å²) >= 11 is 1.76. The highest BCUT2D eigenvalue weighted by Crippen LogP contribution is 2.17. The molecule has 0 spiro atoms. The van der Waals surface area contributed by atoms with Crippen molar-refractivity contribution < 1.29 is 9.53 Å². The number of nitrogens with one attached hydrogen (secondary N) is 1. The molecule has 0 saturated carbocycles. The van der Waals surface area contributed by atoms with Crippen LogP contribution in [0.1, 0.15) is 30.5 Å². The van der Waals surface area contributed by atoms with Gasteiger partial charge in [-0.2, -0.15) is 0 Å². The van der Waals surface area contributed by atoms with Gasteiger partial charge in [-0.25, -0.2) is 4.79 Å². The molecule has 2 amide bonds. The highest BCUT2D eigenvalue weighted by atomic mass is 32.1. The molecule has 1 aromatic heterocycles. The molecule has 2 rings (SSSR count). The van der Waals surface area contributed by atoms with Crippen LogP contribution in [0.25, 0.3) is 0 Å². The first-order valence-corrected chi connectivity index (χ1v) is 7.66. The summed E-state index contributed by atoms with van der Waals surface area (Å²) in [6, 6.07) is 4.23. The highest BCUT2D eigenvalue weighted by Gasteiger charge is 2.25. The van der Waals surface area contributed by atoms with E-state index in [1.165, 1.54) is 9.75 Å². The average Bonchev–Trinajstić information content (AvgIpc) is 2.82. The molecule has 1 N–H and O–H groups in total. The van der Waals surface area contributed by atoms with Crippen LogP contribution in [-0.2, 0) is 17.7 Å². The van der Waals surface area contributed by atoms with E-state index >= 15 is 0 Å². The van der Waals surface area contributed by atoms with Gasteiger partial charge < -0.3 is 15.0 Å². The Morgan fingerprint density at radius 2 is 2.00 bits per heavy atom. The van der Waals surface area contributed by atoms with Crippen molar-refractivity contribution in [1.29, 1.82) is 0 Å². The predicted octanol–water partition coefficient (Wildman–Crippen LogP) is 2.63. The molecule has 2 unspecified atom stereocenters. The van der Waals surface area contributed by atoms with Crippen molar-refractivity contribution in [3.05, 3.63) is 21.9 Å². The van der Waals surface area contributed by atoms with Crippen molar-refractivity contribution in [1.82, 2.24) is 10.2 Å². The molecule has 5 heteroatoms. The molecule has 4 nitrogen and oxygen atoms in total. The molecule has 106 valence electrons. The Morgan fingerprint density at radius 1 is 1.37 bits per heavy atom. The predicted molar refractivity (Wildman–Crippen MR) is 77.5 cm³/mol. The van der Waals surface area contributed by atoms with E-state index in [-0.39, 0.29) is 18.2 Å². The van der Waals surface area contributed by atoms with Gasteiger partial charge in [-0.3, -0.25) is 0 Å². The monoisotopic (exact) mass is 282 g/mol. The lowest BCUT2D eigenvalue weighted by Gasteiger charge is -2.35. The summed E-state index contributed by atoms with van der Waals surface area (Å²) in [7, 11) is 0. The number of rotatable bonds is 3. The Labute approximate surface area is 118 Å². The van der Waals surface area contributed by atoms with Crippen molar-refractivity contribution in [2.24, 2.45) is 0 Å². The second kappa shape index (κ2) is 6.39. The fourth-order valence-corrected chi connectivity index (χ4v) is 3.22. The zero-order valence-electron chi connectivity index (χ0n) is 11.8. The first kappa shape index (κ1) is 14.3. The maximum absolute atomic E-state index is 12.1. The normalized spacial score (nSPS) is 23.4. The number of urea groups is 1. The van der Waals surface area contributed by atoms with E-state index in [4.69, 9.17) is 4.74 Å². The Hall–Kier alpha value is -1.07. The maximum atomic E-state index is 12.1. The summed E-state index contributed by atoms with van der Waals surface area (Å²) in [6.07, 6.45) is 1.28. The minimum Gasteiger partial charge on any atom is -0.372 e. The summed E-state index contributed by atoms with van der Waals surface area (Å²) in [4.78, 5) is 16.5. The summed E-state index contributed by atoms with van der Waals surface area (Å²) in [5.74, 6) is 0. The highest BCUT2D eigenvalue weighted by molar-refractivity contribution is 7.11. The fraction of sp³-hybridized carbons (Fsp3) is 0.643. The molecule has 0 aromatic carbocycles. The Kier molecular flexibility index (Phi) is 4.82. The van der Waals surface area contributed by atoms with Crippen molar-refractivity contribution >= 4 is 17.4 Å². The number of carbonyl (C=O) groups excluding carboxylic acids is 1. The zero-order valence-corrected chi connectivity index (χ0v) is 12.6. The Balaban J connectivity index is 1.83. The third-order valence-electron chi connectivity index (χ3n) is 3.19. The van der Waals surface area contributed by atoms with Gasteiger partial charge in [0.05, 0.1) is 18.8 Å². The number of morpholine rings is 1. The summed E-state index contributed by atoms with van der Waals surface area (Å²) in [5.41, 5.74) is 0. The standard InChI is InChI=1S/C14H22N2O2S/c1-4-12-5-6-13(19-12)7-15-14(17)16-8-10(2)18-11(3)9-16/h5-6,10-11H,4,7-9H2,1-3H3,(H,15,17). The van der Waals surface area contributed by atoms with Crippen LogP contribution >= 0.6 is 11.3 Å². The third kappa shape index (κ3) is 3.94. The summed E-state index contributed by atoms with van der Waals surface area (Å²) in [6.45, 7) is 8.10. The van der Waals surface area contributed by atoms with E-state index in [9.17, 15) is 4.79 Å². The number of carbonyl (C=O) groups is 1. The lowest BCUT2D eigenvalue weighted by Crippen LogP contribution is -2.51. The summed E-state index contributed by atoms with van der Waals surface area (Å²) in [5, 5.41) is 2.99. The van der Waals surface area contributed by atoms with Crippen LogP contribution < -0.4 is 5.32 Å². The average molecular weight is 282 g/mol. The molecular formula is C14H22N2O2S. The number of hydrogen-bond acceptors (Lipinski definition) is 3.